The zero-order valence-corrected chi connectivity index (χ0v) is 7.02. The van der Waals surface area contributed by atoms with Gasteiger partial charge >= 0.3 is 0 Å². The summed E-state index contributed by atoms with van der Waals surface area (Å²) in [4.78, 5) is 10.8. The summed E-state index contributed by atoms with van der Waals surface area (Å²) >= 11 is 5.48. The van der Waals surface area contributed by atoms with Crippen LogP contribution in [-0.4, -0.2) is 10.9 Å². The van der Waals surface area contributed by atoms with Gasteiger partial charge in [-0.25, -0.2) is 4.39 Å². The highest BCUT2D eigenvalue weighted by atomic mass is 35.5. The van der Waals surface area contributed by atoms with Crippen molar-refractivity contribution < 1.29 is 14.3 Å². The minimum Gasteiger partial charge on any atom is -0.504 e. The average molecular weight is 189 g/mol. The van der Waals surface area contributed by atoms with E-state index in [0.29, 0.717) is 0 Å². The first-order valence-electron chi connectivity index (χ1n) is 3.22. The SMILES string of the molecule is CC(=O)c1ccc(F)c(O)c1Cl. The van der Waals surface area contributed by atoms with Crippen molar-refractivity contribution in [2.75, 3.05) is 0 Å². The van der Waals surface area contributed by atoms with E-state index in [1.54, 1.807) is 0 Å². The number of aromatic hydroxyl groups is 1. The Labute approximate surface area is 73.6 Å². The van der Waals surface area contributed by atoms with Crippen LogP contribution in [0.15, 0.2) is 12.1 Å². The van der Waals surface area contributed by atoms with E-state index in [-0.39, 0.29) is 16.4 Å². The molecule has 0 fully saturated rings. The molecule has 0 saturated carbocycles. The predicted octanol–water partition coefficient (Wildman–Crippen LogP) is 2.39. The number of halogens is 2. The molecule has 1 aromatic carbocycles. The number of phenolic OH excluding ortho intramolecular Hbond substituents is 1. The highest BCUT2D eigenvalue weighted by Crippen LogP contribution is 2.29. The third-order valence-corrected chi connectivity index (χ3v) is 1.83. The van der Waals surface area contributed by atoms with E-state index in [0.717, 1.165) is 6.07 Å². The zero-order chi connectivity index (χ0) is 9.30. The summed E-state index contributed by atoms with van der Waals surface area (Å²) in [5.74, 6) is -1.82. The molecule has 1 rings (SSSR count). The van der Waals surface area contributed by atoms with Gasteiger partial charge in [0.2, 0.25) is 0 Å². The van der Waals surface area contributed by atoms with Gasteiger partial charge in [-0.05, 0) is 19.1 Å². The lowest BCUT2D eigenvalue weighted by atomic mass is 10.1. The number of hydrogen-bond donors (Lipinski definition) is 1. The summed E-state index contributed by atoms with van der Waals surface area (Å²) in [5.41, 5.74) is 0.121. The molecule has 0 bridgehead atoms. The van der Waals surface area contributed by atoms with Gasteiger partial charge in [-0.3, -0.25) is 4.79 Å². The summed E-state index contributed by atoms with van der Waals surface area (Å²) in [5, 5.41) is 8.74. The van der Waals surface area contributed by atoms with Crippen molar-refractivity contribution in [3.63, 3.8) is 0 Å². The maximum atomic E-state index is 12.6. The molecule has 12 heavy (non-hydrogen) atoms. The molecule has 0 amide bonds. The zero-order valence-electron chi connectivity index (χ0n) is 6.27. The van der Waals surface area contributed by atoms with Gasteiger partial charge in [0.15, 0.2) is 17.3 Å². The van der Waals surface area contributed by atoms with Gasteiger partial charge in [0.05, 0.1) is 5.02 Å². The van der Waals surface area contributed by atoms with Crippen molar-refractivity contribution >= 4 is 17.4 Å². The second-order valence-electron chi connectivity index (χ2n) is 2.31. The van der Waals surface area contributed by atoms with Crippen LogP contribution in [-0.2, 0) is 0 Å². The lowest BCUT2D eigenvalue weighted by molar-refractivity contribution is 0.101. The molecule has 0 radical (unpaired) electrons. The van der Waals surface area contributed by atoms with Crippen LogP contribution in [0.5, 0.6) is 5.75 Å². The quantitative estimate of drug-likeness (QED) is 0.687. The van der Waals surface area contributed by atoms with Crippen LogP contribution < -0.4 is 0 Å². The first-order valence-corrected chi connectivity index (χ1v) is 3.59. The smallest absolute Gasteiger partial charge is 0.170 e. The average Bonchev–Trinajstić information content (AvgIpc) is 2.00. The van der Waals surface area contributed by atoms with E-state index < -0.39 is 11.6 Å². The Balaban J connectivity index is 3.36. The van der Waals surface area contributed by atoms with Gasteiger partial charge in [-0.1, -0.05) is 11.6 Å². The fourth-order valence-corrected chi connectivity index (χ4v) is 1.10. The Morgan fingerprint density at radius 1 is 1.58 bits per heavy atom. The van der Waals surface area contributed by atoms with Crippen molar-refractivity contribution in [3.8, 4) is 5.75 Å². The standard InChI is InChI=1S/C8H6ClFO2/c1-4(11)5-2-3-6(10)8(12)7(5)9/h2-3,12H,1H3. The van der Waals surface area contributed by atoms with E-state index >= 15 is 0 Å². The van der Waals surface area contributed by atoms with E-state index in [4.69, 9.17) is 16.7 Å². The Morgan fingerprint density at radius 2 is 2.17 bits per heavy atom. The van der Waals surface area contributed by atoms with Crippen molar-refractivity contribution in [1.82, 2.24) is 0 Å². The minimum absolute atomic E-state index is 0.121. The van der Waals surface area contributed by atoms with Gasteiger partial charge in [-0.2, -0.15) is 0 Å². The van der Waals surface area contributed by atoms with Crippen LogP contribution in [0.1, 0.15) is 17.3 Å². The van der Waals surface area contributed by atoms with Crippen molar-refractivity contribution in [2.24, 2.45) is 0 Å². The third kappa shape index (κ3) is 1.41. The van der Waals surface area contributed by atoms with Crippen molar-refractivity contribution in [2.45, 2.75) is 6.92 Å². The second-order valence-corrected chi connectivity index (χ2v) is 2.69. The fraction of sp³-hybridized carbons (Fsp3) is 0.125. The topological polar surface area (TPSA) is 37.3 Å². The fourth-order valence-electron chi connectivity index (χ4n) is 0.813. The first-order chi connectivity index (χ1) is 5.54. The van der Waals surface area contributed by atoms with Crippen LogP contribution in [0, 0.1) is 5.82 Å². The van der Waals surface area contributed by atoms with Crippen LogP contribution >= 0.6 is 11.6 Å². The Morgan fingerprint density at radius 3 is 2.67 bits per heavy atom. The predicted molar refractivity (Wildman–Crippen MR) is 43.1 cm³/mol. The molecule has 1 aromatic rings. The summed E-state index contributed by atoms with van der Waals surface area (Å²) in [6.45, 7) is 1.29. The molecule has 1 N–H and O–H groups in total. The number of phenols is 1. The van der Waals surface area contributed by atoms with E-state index in [2.05, 4.69) is 0 Å². The van der Waals surface area contributed by atoms with Gasteiger partial charge in [-0.15, -0.1) is 0 Å². The lowest BCUT2D eigenvalue weighted by Crippen LogP contribution is -1.94. The second kappa shape index (κ2) is 3.11. The molecular formula is C8H6ClFO2. The molecule has 0 aromatic heterocycles. The Kier molecular flexibility index (Phi) is 2.33. The van der Waals surface area contributed by atoms with Crippen molar-refractivity contribution in [3.05, 3.63) is 28.5 Å². The monoisotopic (exact) mass is 188 g/mol. The molecule has 0 saturated heterocycles. The number of hydrogen-bond acceptors (Lipinski definition) is 2. The molecule has 0 aliphatic heterocycles. The molecule has 0 heterocycles. The molecule has 0 aliphatic rings. The first kappa shape index (κ1) is 9.00. The van der Waals surface area contributed by atoms with Crippen LogP contribution in [0.4, 0.5) is 4.39 Å². The number of Topliss-reactive ketones (excluding diaryl/α,β-unsaturated/α-hetero) is 1. The third-order valence-electron chi connectivity index (χ3n) is 1.45. The molecule has 64 valence electrons. The highest BCUT2D eigenvalue weighted by molar-refractivity contribution is 6.35. The van der Waals surface area contributed by atoms with Crippen LogP contribution in [0.2, 0.25) is 5.02 Å². The molecule has 0 atom stereocenters. The largest absolute Gasteiger partial charge is 0.504 e. The maximum absolute atomic E-state index is 12.6. The highest BCUT2D eigenvalue weighted by Gasteiger charge is 2.12. The number of rotatable bonds is 1. The normalized spacial score (nSPS) is 9.92. The Hall–Kier alpha value is -1.09. The Bertz CT molecular complexity index is 336. The van der Waals surface area contributed by atoms with Gasteiger partial charge in [0.25, 0.3) is 0 Å². The number of carbonyl (C=O) groups excluding carboxylic acids is 1. The van der Waals surface area contributed by atoms with Gasteiger partial charge in [0.1, 0.15) is 0 Å². The summed E-state index contributed by atoms with van der Waals surface area (Å²) in [7, 11) is 0. The van der Waals surface area contributed by atoms with E-state index in [9.17, 15) is 9.18 Å². The van der Waals surface area contributed by atoms with Crippen LogP contribution in [0.3, 0.4) is 0 Å². The van der Waals surface area contributed by atoms with Crippen molar-refractivity contribution in [1.29, 1.82) is 0 Å². The molecular weight excluding hydrogens is 183 g/mol. The minimum atomic E-state index is -0.829. The summed E-state index contributed by atoms with van der Waals surface area (Å²) < 4.78 is 12.6. The van der Waals surface area contributed by atoms with E-state index in [1.165, 1.54) is 13.0 Å². The number of carbonyl (C=O) groups is 1. The number of ketones is 1. The molecule has 0 unspecified atom stereocenters. The van der Waals surface area contributed by atoms with Gasteiger partial charge < -0.3 is 5.11 Å². The molecule has 0 aliphatic carbocycles. The maximum Gasteiger partial charge on any atom is 0.170 e. The molecule has 4 heteroatoms. The lowest BCUT2D eigenvalue weighted by Gasteiger charge is -2.02. The summed E-state index contributed by atoms with van der Waals surface area (Å²) in [6, 6.07) is 2.23. The molecule has 2 nitrogen and oxygen atoms in total. The van der Waals surface area contributed by atoms with E-state index in [1.807, 2.05) is 0 Å². The van der Waals surface area contributed by atoms with Crippen LogP contribution in [0.25, 0.3) is 0 Å². The van der Waals surface area contributed by atoms with Gasteiger partial charge in [0, 0.05) is 5.56 Å². The number of benzene rings is 1. The molecule has 0 spiro atoms. The summed E-state index contributed by atoms with van der Waals surface area (Å²) in [6.07, 6.45) is 0.